The molecule has 0 saturated carbocycles. The molecule has 2 aromatic carbocycles. The van der Waals surface area contributed by atoms with Gasteiger partial charge in [0.2, 0.25) is 0 Å². The molecule has 0 saturated heterocycles. The van der Waals surface area contributed by atoms with Gasteiger partial charge in [0.05, 0.1) is 0 Å². The molecule has 24 heavy (non-hydrogen) atoms. The van der Waals surface area contributed by atoms with E-state index in [0.29, 0.717) is 25.3 Å². The summed E-state index contributed by atoms with van der Waals surface area (Å²) in [5.41, 5.74) is 2.45. The first-order chi connectivity index (χ1) is 11.8. The summed E-state index contributed by atoms with van der Waals surface area (Å²) in [6.07, 6.45) is 0.916. The third-order valence-electron chi connectivity index (χ3n) is 3.91. The number of rotatable bonds is 7. The van der Waals surface area contributed by atoms with E-state index in [1.807, 2.05) is 42.5 Å². The highest BCUT2D eigenvalue weighted by atomic mass is 16.5. The van der Waals surface area contributed by atoms with Crippen LogP contribution in [0.1, 0.15) is 18.1 Å². The third-order valence-corrected chi connectivity index (χ3v) is 3.91. The molecule has 124 valence electrons. The van der Waals surface area contributed by atoms with Gasteiger partial charge in [-0.15, -0.1) is 0 Å². The van der Waals surface area contributed by atoms with Crippen LogP contribution in [-0.4, -0.2) is 13.2 Å². The lowest BCUT2D eigenvalue weighted by Crippen LogP contribution is -2.21. The summed E-state index contributed by atoms with van der Waals surface area (Å²) in [7, 11) is 0. The highest BCUT2D eigenvalue weighted by molar-refractivity contribution is 5.80. The van der Waals surface area contributed by atoms with Crippen LogP contribution >= 0.6 is 0 Å². The Balaban J connectivity index is 1.61. The Labute approximate surface area is 141 Å². The molecular weight excluding hydrogens is 302 g/mol. The lowest BCUT2D eigenvalue weighted by atomic mass is 10.1. The van der Waals surface area contributed by atoms with Crippen LogP contribution in [0, 0.1) is 0 Å². The summed E-state index contributed by atoms with van der Waals surface area (Å²) >= 11 is 0. The highest BCUT2D eigenvalue weighted by Gasteiger charge is 2.06. The first kappa shape index (κ1) is 16.3. The molecule has 3 aromatic rings. The summed E-state index contributed by atoms with van der Waals surface area (Å²) in [6.45, 7) is 3.95. The van der Waals surface area contributed by atoms with Crippen molar-refractivity contribution in [3.8, 4) is 5.75 Å². The molecule has 0 bridgehead atoms. The molecule has 0 fully saturated rings. The minimum absolute atomic E-state index is 0.312. The molecule has 1 heterocycles. The Morgan fingerprint density at radius 3 is 2.71 bits per heavy atom. The largest absolute Gasteiger partial charge is 0.492 e. The van der Waals surface area contributed by atoms with Crippen LogP contribution in [-0.2, 0) is 13.0 Å². The number of benzene rings is 2. The monoisotopic (exact) mass is 323 g/mol. The Morgan fingerprint density at radius 2 is 1.92 bits per heavy atom. The van der Waals surface area contributed by atoms with Gasteiger partial charge in [0.1, 0.15) is 17.9 Å². The molecular formula is C20H21NO3. The van der Waals surface area contributed by atoms with Crippen LogP contribution in [0.5, 0.6) is 5.75 Å². The molecule has 0 aliphatic carbocycles. The predicted octanol–water partition coefficient (Wildman–Crippen LogP) is 3.52. The van der Waals surface area contributed by atoms with Crippen molar-refractivity contribution >= 4 is 11.0 Å². The lowest BCUT2D eigenvalue weighted by molar-refractivity contribution is 0.313. The first-order valence-corrected chi connectivity index (χ1v) is 8.20. The normalized spacial score (nSPS) is 10.9. The molecule has 0 amide bonds. The summed E-state index contributed by atoms with van der Waals surface area (Å²) in [5, 5.41) is 4.29. The molecule has 4 nitrogen and oxygen atoms in total. The van der Waals surface area contributed by atoms with E-state index in [9.17, 15) is 4.79 Å². The molecule has 0 aliphatic heterocycles. The average Bonchev–Trinajstić information content (AvgIpc) is 2.61. The number of ether oxygens (including phenoxy) is 1. The second-order valence-corrected chi connectivity index (χ2v) is 5.61. The predicted molar refractivity (Wildman–Crippen MR) is 95.5 cm³/mol. The summed E-state index contributed by atoms with van der Waals surface area (Å²) in [5.74, 6) is 0.859. The molecule has 3 rings (SSSR count). The molecule has 0 atom stereocenters. The van der Waals surface area contributed by atoms with E-state index in [1.165, 1.54) is 0 Å². The van der Waals surface area contributed by atoms with E-state index >= 15 is 0 Å². The van der Waals surface area contributed by atoms with Gasteiger partial charge in [-0.25, -0.2) is 4.79 Å². The number of hydrogen-bond donors (Lipinski definition) is 1. The van der Waals surface area contributed by atoms with E-state index in [2.05, 4.69) is 18.3 Å². The maximum absolute atomic E-state index is 11.8. The van der Waals surface area contributed by atoms with Gasteiger partial charge in [0.25, 0.3) is 0 Å². The van der Waals surface area contributed by atoms with Crippen LogP contribution < -0.4 is 15.7 Å². The zero-order valence-electron chi connectivity index (χ0n) is 13.7. The van der Waals surface area contributed by atoms with Crippen molar-refractivity contribution < 1.29 is 9.15 Å². The number of fused-ring (bicyclic) bond motifs is 1. The Hall–Kier alpha value is -2.59. The fourth-order valence-corrected chi connectivity index (χ4v) is 2.62. The van der Waals surface area contributed by atoms with Gasteiger partial charge in [-0.3, -0.25) is 0 Å². The molecule has 4 heteroatoms. The average molecular weight is 323 g/mol. The maximum atomic E-state index is 11.8. The number of para-hydroxylation sites is 1. The van der Waals surface area contributed by atoms with E-state index in [-0.39, 0.29) is 5.63 Å². The second kappa shape index (κ2) is 7.79. The zero-order valence-corrected chi connectivity index (χ0v) is 13.7. The number of aryl methyl sites for hydroxylation is 1. The van der Waals surface area contributed by atoms with Gasteiger partial charge in [0.15, 0.2) is 0 Å². The van der Waals surface area contributed by atoms with Gasteiger partial charge in [-0.1, -0.05) is 37.3 Å². The van der Waals surface area contributed by atoms with E-state index < -0.39 is 0 Å². The number of hydrogen-bond acceptors (Lipinski definition) is 4. The van der Waals surface area contributed by atoms with Crippen molar-refractivity contribution in [1.82, 2.24) is 5.32 Å². The molecule has 1 aromatic heterocycles. The molecule has 0 unspecified atom stereocenters. The summed E-state index contributed by atoms with van der Waals surface area (Å²) in [4.78, 5) is 11.8. The van der Waals surface area contributed by atoms with Crippen LogP contribution in [0.2, 0.25) is 0 Å². The Morgan fingerprint density at radius 1 is 1.08 bits per heavy atom. The smallest absolute Gasteiger partial charge is 0.336 e. The maximum Gasteiger partial charge on any atom is 0.336 e. The minimum atomic E-state index is -0.312. The van der Waals surface area contributed by atoms with Crippen LogP contribution in [0.25, 0.3) is 11.0 Å². The molecule has 0 spiro atoms. The van der Waals surface area contributed by atoms with Crippen LogP contribution in [0.15, 0.2) is 63.8 Å². The summed E-state index contributed by atoms with van der Waals surface area (Å²) in [6, 6.07) is 17.3. The fraction of sp³-hybridized carbons (Fsp3) is 0.250. The topological polar surface area (TPSA) is 51.5 Å². The standard InChI is InChI=1S/C20H21NO3/c1-2-15-8-9-18-16(13-20(22)24-19(18)12-15)14-21-10-11-23-17-6-4-3-5-7-17/h3-9,12-13,21H,2,10-11,14H2,1H3. The van der Waals surface area contributed by atoms with Gasteiger partial charge < -0.3 is 14.5 Å². The number of nitrogens with one attached hydrogen (secondary N) is 1. The molecule has 0 radical (unpaired) electrons. The van der Waals surface area contributed by atoms with E-state index in [1.54, 1.807) is 6.07 Å². The van der Waals surface area contributed by atoms with Crippen molar-refractivity contribution in [3.63, 3.8) is 0 Å². The van der Waals surface area contributed by atoms with Gasteiger partial charge in [-0.2, -0.15) is 0 Å². The minimum Gasteiger partial charge on any atom is -0.492 e. The molecule has 0 aliphatic rings. The van der Waals surface area contributed by atoms with Crippen molar-refractivity contribution in [2.75, 3.05) is 13.2 Å². The van der Waals surface area contributed by atoms with E-state index in [4.69, 9.17) is 9.15 Å². The van der Waals surface area contributed by atoms with E-state index in [0.717, 1.165) is 28.7 Å². The van der Waals surface area contributed by atoms with Crippen molar-refractivity contribution in [2.24, 2.45) is 0 Å². The zero-order chi connectivity index (χ0) is 16.8. The third kappa shape index (κ3) is 4.03. The first-order valence-electron chi connectivity index (χ1n) is 8.20. The Kier molecular flexibility index (Phi) is 5.29. The van der Waals surface area contributed by atoms with Crippen molar-refractivity contribution in [2.45, 2.75) is 19.9 Å². The van der Waals surface area contributed by atoms with Crippen molar-refractivity contribution in [3.05, 3.63) is 76.1 Å². The van der Waals surface area contributed by atoms with Crippen molar-refractivity contribution in [1.29, 1.82) is 0 Å². The van der Waals surface area contributed by atoms with Gasteiger partial charge in [0, 0.05) is 24.5 Å². The van der Waals surface area contributed by atoms with Gasteiger partial charge in [-0.05, 0) is 35.7 Å². The fourth-order valence-electron chi connectivity index (χ4n) is 2.62. The quantitative estimate of drug-likeness (QED) is 0.534. The SMILES string of the molecule is CCc1ccc2c(CNCCOc3ccccc3)cc(=O)oc2c1. The van der Waals surface area contributed by atoms with Crippen LogP contribution in [0.3, 0.4) is 0 Å². The van der Waals surface area contributed by atoms with Gasteiger partial charge >= 0.3 is 5.63 Å². The lowest BCUT2D eigenvalue weighted by Gasteiger charge is -2.09. The Bertz CT molecular complexity index is 856. The second-order valence-electron chi connectivity index (χ2n) is 5.61. The highest BCUT2D eigenvalue weighted by Crippen LogP contribution is 2.19. The molecule has 1 N–H and O–H groups in total. The summed E-state index contributed by atoms with van der Waals surface area (Å²) < 4.78 is 11.0. The van der Waals surface area contributed by atoms with Crippen LogP contribution in [0.4, 0.5) is 0 Å².